The number of ketones is 1. The average molecular weight is 462 g/mol. The van der Waals surface area contributed by atoms with Crippen molar-refractivity contribution >= 4 is 19.6 Å². The molecule has 32 heavy (non-hydrogen) atoms. The van der Waals surface area contributed by atoms with Gasteiger partial charge in [0, 0.05) is 31.6 Å². The van der Waals surface area contributed by atoms with E-state index in [1.165, 1.54) is 24.3 Å². The number of hydrogen-bond donors (Lipinski definition) is 3. The minimum atomic E-state index is -4.61. The van der Waals surface area contributed by atoms with Crippen LogP contribution in [0.1, 0.15) is 40.7 Å². The molecule has 2 amide bonds. The number of likely N-dealkylation sites (tertiary alicyclic amines) is 1. The summed E-state index contributed by atoms with van der Waals surface area (Å²) in [5.74, 6) is -0.389. The Morgan fingerprint density at radius 2 is 1.81 bits per heavy atom. The number of nitrogens with one attached hydrogen (secondary N) is 1. The number of benzene rings is 2. The van der Waals surface area contributed by atoms with Crippen LogP contribution in [0.25, 0.3) is 0 Å². The fraction of sp³-hybridized carbons (Fsp3) is 0.364. The Hall–Kier alpha value is -2.74. The lowest BCUT2D eigenvalue weighted by Crippen LogP contribution is -2.49. The molecule has 1 aliphatic carbocycles. The first-order chi connectivity index (χ1) is 15.1. The zero-order valence-electron chi connectivity index (χ0n) is 17.3. The Labute approximate surface area is 184 Å². The van der Waals surface area contributed by atoms with Crippen LogP contribution in [0.15, 0.2) is 42.5 Å². The van der Waals surface area contributed by atoms with E-state index in [1.54, 1.807) is 23.1 Å². The van der Waals surface area contributed by atoms with Crippen LogP contribution in [0.3, 0.4) is 0 Å². The third-order valence-corrected chi connectivity index (χ3v) is 6.62. The minimum absolute atomic E-state index is 0.0326. The number of carbonyl (C=O) groups is 2. The summed E-state index contributed by atoms with van der Waals surface area (Å²) in [5.41, 5.74) is 1.93. The van der Waals surface area contributed by atoms with E-state index in [-0.39, 0.29) is 29.5 Å². The molecule has 170 valence electrons. The second-order valence-corrected chi connectivity index (χ2v) is 9.61. The molecule has 8 nitrogen and oxygen atoms in total. The number of phosphoric ester groups is 1. The van der Waals surface area contributed by atoms with Gasteiger partial charge in [0.15, 0.2) is 5.78 Å². The zero-order valence-corrected chi connectivity index (χ0v) is 18.2. The molecule has 0 bridgehead atoms. The molecule has 0 radical (unpaired) electrons. The normalized spacial score (nSPS) is 17.7. The largest absolute Gasteiger partial charge is 0.524 e. The van der Waals surface area contributed by atoms with Crippen LogP contribution in [-0.4, -0.2) is 39.6 Å². The number of fused-ring (bicyclic) bond motifs is 1. The van der Waals surface area contributed by atoms with Crippen molar-refractivity contribution in [2.24, 2.45) is 5.41 Å². The maximum absolute atomic E-state index is 13.5. The van der Waals surface area contributed by atoms with Crippen LogP contribution in [-0.2, 0) is 17.5 Å². The lowest BCUT2D eigenvalue weighted by atomic mass is 9.66. The number of nitrogens with zero attached hydrogens (tertiary/aromatic N) is 1. The van der Waals surface area contributed by atoms with E-state index < -0.39 is 13.6 Å². The topological polar surface area (TPSA) is 116 Å². The van der Waals surface area contributed by atoms with Crippen molar-refractivity contribution in [3.63, 3.8) is 0 Å². The molecule has 1 aliphatic heterocycles. The van der Waals surface area contributed by atoms with Crippen LogP contribution in [0.5, 0.6) is 5.75 Å². The fourth-order valence-electron chi connectivity index (χ4n) is 4.50. The van der Waals surface area contributed by atoms with Gasteiger partial charge in [-0.3, -0.25) is 14.6 Å². The van der Waals surface area contributed by atoms with Crippen LogP contribution in [0.4, 0.5) is 9.18 Å². The van der Waals surface area contributed by atoms with E-state index in [0.29, 0.717) is 44.3 Å². The van der Waals surface area contributed by atoms with E-state index in [4.69, 9.17) is 9.79 Å². The lowest BCUT2D eigenvalue weighted by Gasteiger charge is -2.44. The van der Waals surface area contributed by atoms with Crippen molar-refractivity contribution in [1.82, 2.24) is 10.2 Å². The van der Waals surface area contributed by atoms with Gasteiger partial charge in [-0.05, 0) is 60.1 Å². The summed E-state index contributed by atoms with van der Waals surface area (Å²) in [7, 11) is -4.61. The summed E-state index contributed by atoms with van der Waals surface area (Å²) < 4.78 is 28.8. The molecule has 0 saturated carbocycles. The summed E-state index contributed by atoms with van der Waals surface area (Å²) in [6.07, 6.45) is 2.50. The summed E-state index contributed by atoms with van der Waals surface area (Å²) in [5, 5.41) is 2.84. The molecule has 1 fully saturated rings. The number of carbonyl (C=O) groups excluding carboxylic acids is 2. The van der Waals surface area contributed by atoms with Crippen LogP contribution in [0, 0.1) is 11.2 Å². The number of rotatable bonds is 4. The maximum Gasteiger partial charge on any atom is 0.524 e. The van der Waals surface area contributed by atoms with Crippen molar-refractivity contribution in [3.05, 3.63) is 65.0 Å². The summed E-state index contributed by atoms with van der Waals surface area (Å²) >= 11 is 0. The molecule has 0 atom stereocenters. The van der Waals surface area contributed by atoms with Gasteiger partial charge < -0.3 is 14.7 Å². The van der Waals surface area contributed by atoms with Crippen molar-refractivity contribution < 1.29 is 32.9 Å². The van der Waals surface area contributed by atoms with Crippen LogP contribution >= 0.6 is 7.82 Å². The van der Waals surface area contributed by atoms with E-state index in [0.717, 1.165) is 11.1 Å². The van der Waals surface area contributed by atoms with Gasteiger partial charge in [0.25, 0.3) is 0 Å². The number of urea groups is 1. The first kappa shape index (κ1) is 22.5. The number of amides is 2. The predicted molar refractivity (Wildman–Crippen MR) is 114 cm³/mol. The Balaban J connectivity index is 1.30. The monoisotopic (exact) mass is 462 g/mol. The number of phosphoric acid groups is 1. The standard InChI is InChI=1S/C22H24FN2O6P/c23-17-4-3-16-12-22(13-20(26)19(16)11-17)7-9-25(10-8-22)21(27)24-14-15-1-5-18(6-2-15)31-32(28,29)30/h1-6,11H,7-10,12-14H2,(H,24,27)(H2,28,29,30). The van der Waals surface area contributed by atoms with E-state index in [9.17, 15) is 18.5 Å². The summed E-state index contributed by atoms with van der Waals surface area (Å²) in [4.78, 5) is 44.5. The number of Topliss-reactive ketones (excluding diaryl/α,β-unsaturated/α-hetero) is 1. The first-order valence-electron chi connectivity index (χ1n) is 10.3. The molecular weight excluding hydrogens is 438 g/mol. The van der Waals surface area contributed by atoms with Gasteiger partial charge in [0.2, 0.25) is 0 Å². The highest BCUT2D eigenvalue weighted by Gasteiger charge is 2.41. The van der Waals surface area contributed by atoms with Crippen molar-refractivity contribution in [2.45, 2.75) is 32.2 Å². The summed E-state index contributed by atoms with van der Waals surface area (Å²) in [6.45, 7) is 1.32. The Morgan fingerprint density at radius 3 is 2.47 bits per heavy atom. The predicted octanol–water partition coefficient (Wildman–Crippen LogP) is 3.42. The highest BCUT2D eigenvalue weighted by atomic mass is 31.2. The van der Waals surface area contributed by atoms with Gasteiger partial charge in [-0.15, -0.1) is 0 Å². The number of hydrogen-bond acceptors (Lipinski definition) is 4. The van der Waals surface area contributed by atoms with Crippen molar-refractivity contribution in [1.29, 1.82) is 0 Å². The first-order valence-corrected chi connectivity index (χ1v) is 11.8. The van der Waals surface area contributed by atoms with E-state index in [2.05, 4.69) is 9.84 Å². The molecule has 3 N–H and O–H groups in total. The third-order valence-electron chi connectivity index (χ3n) is 6.18. The lowest BCUT2D eigenvalue weighted by molar-refractivity contribution is 0.0735. The highest BCUT2D eigenvalue weighted by molar-refractivity contribution is 7.46. The summed E-state index contributed by atoms with van der Waals surface area (Å²) in [6, 6.07) is 10.3. The maximum atomic E-state index is 13.5. The molecule has 1 heterocycles. The number of piperidine rings is 1. The minimum Gasteiger partial charge on any atom is -0.404 e. The second-order valence-electron chi connectivity index (χ2n) is 8.45. The van der Waals surface area contributed by atoms with Crippen LogP contribution < -0.4 is 9.84 Å². The molecule has 0 aromatic heterocycles. The smallest absolute Gasteiger partial charge is 0.404 e. The van der Waals surface area contributed by atoms with Crippen molar-refractivity contribution in [2.75, 3.05) is 13.1 Å². The number of halogens is 1. The van der Waals surface area contributed by atoms with Gasteiger partial charge >= 0.3 is 13.9 Å². The van der Waals surface area contributed by atoms with E-state index >= 15 is 0 Å². The SMILES string of the molecule is O=C1CC2(CCN(C(=O)NCc3ccc(OP(=O)(O)O)cc3)CC2)Cc2ccc(F)cc21. The fourth-order valence-corrected chi connectivity index (χ4v) is 4.89. The molecule has 2 aromatic rings. The average Bonchev–Trinajstić information content (AvgIpc) is 2.73. The van der Waals surface area contributed by atoms with Crippen molar-refractivity contribution in [3.8, 4) is 5.75 Å². The second kappa shape index (κ2) is 8.65. The van der Waals surface area contributed by atoms with E-state index in [1.807, 2.05) is 0 Å². The molecule has 2 aromatic carbocycles. The van der Waals surface area contributed by atoms with Gasteiger partial charge in [-0.2, -0.15) is 0 Å². The molecule has 0 unspecified atom stereocenters. The highest BCUT2D eigenvalue weighted by Crippen LogP contribution is 2.43. The quantitative estimate of drug-likeness (QED) is 0.600. The third kappa shape index (κ3) is 5.18. The Morgan fingerprint density at radius 1 is 1.12 bits per heavy atom. The molecule has 1 saturated heterocycles. The Bertz CT molecular complexity index is 1080. The molecule has 2 aliphatic rings. The van der Waals surface area contributed by atoms with Gasteiger partial charge in [0.05, 0.1) is 0 Å². The van der Waals surface area contributed by atoms with Gasteiger partial charge in [-0.25, -0.2) is 13.8 Å². The molecular formula is C22H24FN2O6P. The van der Waals surface area contributed by atoms with Gasteiger partial charge in [0.1, 0.15) is 11.6 Å². The Kier molecular flexibility index (Phi) is 6.07. The van der Waals surface area contributed by atoms with Gasteiger partial charge in [-0.1, -0.05) is 18.2 Å². The molecule has 10 heteroatoms. The zero-order chi connectivity index (χ0) is 22.9. The molecule has 1 spiro atoms. The molecule has 4 rings (SSSR count). The van der Waals surface area contributed by atoms with Crippen LogP contribution in [0.2, 0.25) is 0 Å².